The lowest BCUT2D eigenvalue weighted by atomic mass is 10.2. The van der Waals surface area contributed by atoms with Gasteiger partial charge in [0, 0.05) is 0 Å². The van der Waals surface area contributed by atoms with Crippen LogP contribution in [-0.2, 0) is 9.36 Å². The first kappa shape index (κ1) is 11.5. The van der Waals surface area contributed by atoms with Gasteiger partial charge in [-0.25, -0.2) is 0 Å². The summed E-state index contributed by atoms with van der Waals surface area (Å²) in [5.41, 5.74) is 4.87. The van der Waals surface area contributed by atoms with Crippen molar-refractivity contribution in [3.05, 3.63) is 0 Å². The Morgan fingerprint density at radius 2 is 1.92 bits per heavy atom. The summed E-state index contributed by atoms with van der Waals surface area (Å²) in [6.07, 6.45) is -2.68. The van der Waals surface area contributed by atoms with Crippen LogP contribution in [0.1, 0.15) is 0 Å². The molecule has 0 heterocycles. The number of aliphatic carboxylic acids is 1. The van der Waals surface area contributed by atoms with Crippen LogP contribution in [0.2, 0.25) is 0 Å². The predicted molar refractivity (Wildman–Crippen MR) is 38.5 cm³/mol. The molecule has 0 aliphatic carbocycles. The smallest absolute Gasteiger partial charge is 0.328 e. The fourth-order valence-corrected chi connectivity index (χ4v) is 1.24. The molecule has 0 saturated carbocycles. The quantitative estimate of drug-likeness (QED) is 0.327. The van der Waals surface area contributed by atoms with Crippen LogP contribution < -0.4 is 5.73 Å². The maximum atomic E-state index is 10.3. The Balaban J connectivity index is 4.13. The van der Waals surface area contributed by atoms with Crippen molar-refractivity contribution in [2.24, 2.45) is 5.73 Å². The summed E-state index contributed by atoms with van der Waals surface area (Å²) in [6.45, 7) is 0. The number of carboxylic acid groups (broad SMARTS) is 1. The number of aliphatic hydroxyl groups is 1. The molecule has 0 amide bonds. The lowest BCUT2D eigenvalue weighted by molar-refractivity contribution is -0.140. The zero-order valence-corrected chi connectivity index (χ0v) is 6.89. The Bertz CT molecular complexity index is 212. The normalized spacial score (nSPS) is 17.0. The number of nitrogens with two attached hydrogens (primary N) is 1. The van der Waals surface area contributed by atoms with Gasteiger partial charge in [0.15, 0.2) is 0 Å². The number of rotatable bonds is 4. The van der Waals surface area contributed by atoms with E-state index in [1.54, 1.807) is 0 Å². The van der Waals surface area contributed by atoms with Gasteiger partial charge >= 0.3 is 13.6 Å². The molecule has 0 saturated heterocycles. The average molecular weight is 199 g/mol. The van der Waals surface area contributed by atoms with E-state index < -0.39 is 31.9 Å². The Morgan fingerprint density at radius 1 is 1.50 bits per heavy atom. The molecule has 2 atom stereocenters. The summed E-state index contributed by atoms with van der Waals surface area (Å²) >= 11 is 0. The Morgan fingerprint density at radius 3 is 2.17 bits per heavy atom. The molecule has 0 aromatic carbocycles. The second-order valence-electron chi connectivity index (χ2n) is 2.28. The van der Waals surface area contributed by atoms with Gasteiger partial charge in [-0.2, -0.15) is 0 Å². The molecule has 12 heavy (non-hydrogen) atoms. The third-order valence-corrected chi connectivity index (χ3v) is 1.97. The molecular weight excluding hydrogens is 189 g/mol. The molecule has 8 heteroatoms. The van der Waals surface area contributed by atoms with E-state index in [1.165, 1.54) is 0 Å². The van der Waals surface area contributed by atoms with Crippen molar-refractivity contribution in [2.45, 2.75) is 12.1 Å². The molecule has 0 fully saturated rings. The van der Waals surface area contributed by atoms with Gasteiger partial charge < -0.3 is 25.7 Å². The first-order valence-electron chi connectivity index (χ1n) is 2.95. The molecule has 0 aliphatic rings. The number of aliphatic hydroxyl groups excluding tert-OH is 1. The van der Waals surface area contributed by atoms with Crippen molar-refractivity contribution in [2.75, 3.05) is 6.16 Å². The van der Waals surface area contributed by atoms with Gasteiger partial charge in [0.1, 0.15) is 6.04 Å². The van der Waals surface area contributed by atoms with E-state index in [0.717, 1.165) is 0 Å². The molecule has 0 rings (SSSR count). The van der Waals surface area contributed by atoms with E-state index in [1.807, 2.05) is 0 Å². The molecule has 0 aliphatic heterocycles. The van der Waals surface area contributed by atoms with Crippen LogP contribution in [0.15, 0.2) is 0 Å². The minimum absolute atomic E-state index is 0.944. The lowest BCUT2D eigenvalue weighted by Gasteiger charge is -2.14. The zero-order valence-electron chi connectivity index (χ0n) is 5.99. The van der Waals surface area contributed by atoms with Gasteiger partial charge in [0.2, 0.25) is 0 Å². The van der Waals surface area contributed by atoms with Crippen LogP contribution in [0, 0.1) is 0 Å². The molecule has 0 spiro atoms. The van der Waals surface area contributed by atoms with Gasteiger partial charge in [-0.15, -0.1) is 0 Å². The monoisotopic (exact) mass is 199 g/mol. The van der Waals surface area contributed by atoms with Crippen LogP contribution in [0.5, 0.6) is 0 Å². The topological polar surface area (TPSA) is 141 Å². The fraction of sp³-hybridized carbons (Fsp3) is 0.750. The highest BCUT2D eigenvalue weighted by molar-refractivity contribution is 7.51. The summed E-state index contributed by atoms with van der Waals surface area (Å²) in [5, 5.41) is 17.0. The van der Waals surface area contributed by atoms with Crippen molar-refractivity contribution < 1.29 is 29.4 Å². The van der Waals surface area contributed by atoms with E-state index in [0.29, 0.717) is 0 Å². The predicted octanol–water partition coefficient (Wildman–Crippen LogP) is -2.06. The molecule has 0 aromatic rings. The first-order chi connectivity index (χ1) is 5.24. The lowest BCUT2D eigenvalue weighted by Crippen LogP contribution is -2.43. The molecule has 0 aromatic heterocycles. The molecule has 6 N–H and O–H groups in total. The second-order valence-corrected chi connectivity index (χ2v) is 3.97. The second kappa shape index (κ2) is 3.97. The molecule has 0 radical (unpaired) electrons. The number of carboxylic acids is 1. The average Bonchev–Trinajstić information content (AvgIpc) is 1.82. The standard InChI is InChI=1S/C4H10NO6P/c5-3(4(7)8)2(6)1-12(9,10)11/h2-3,6H,1,5H2,(H,7,8)(H2,9,10,11). The summed E-state index contributed by atoms with van der Waals surface area (Å²) in [4.78, 5) is 26.7. The SMILES string of the molecule is NC(C(=O)O)C(O)CP(=O)(O)O. The molecule has 0 bridgehead atoms. The van der Waals surface area contributed by atoms with Crippen molar-refractivity contribution in [3.8, 4) is 0 Å². The van der Waals surface area contributed by atoms with Crippen LogP contribution >= 0.6 is 7.60 Å². The molecular formula is C4H10NO6P. The molecule has 2 unspecified atom stereocenters. The summed E-state index contributed by atoms with van der Waals surface area (Å²) in [5.74, 6) is -1.50. The van der Waals surface area contributed by atoms with Crippen LogP contribution in [0.3, 0.4) is 0 Å². The highest BCUT2D eigenvalue weighted by Crippen LogP contribution is 2.35. The number of carbonyl (C=O) groups is 1. The van der Waals surface area contributed by atoms with Crippen molar-refractivity contribution in [1.29, 1.82) is 0 Å². The zero-order chi connectivity index (χ0) is 9.94. The molecule has 7 nitrogen and oxygen atoms in total. The highest BCUT2D eigenvalue weighted by Gasteiger charge is 2.28. The van der Waals surface area contributed by atoms with Crippen molar-refractivity contribution in [3.63, 3.8) is 0 Å². The van der Waals surface area contributed by atoms with Crippen LogP contribution in [0.4, 0.5) is 0 Å². The van der Waals surface area contributed by atoms with Gasteiger partial charge in [-0.1, -0.05) is 0 Å². The maximum absolute atomic E-state index is 10.3. The summed E-state index contributed by atoms with van der Waals surface area (Å²) < 4.78 is 10.3. The Hall–Kier alpha value is -0.460. The minimum Gasteiger partial charge on any atom is -0.480 e. The highest BCUT2D eigenvalue weighted by atomic mass is 31.2. The largest absolute Gasteiger partial charge is 0.480 e. The first-order valence-corrected chi connectivity index (χ1v) is 4.75. The third-order valence-electron chi connectivity index (χ3n) is 1.12. The van der Waals surface area contributed by atoms with Crippen molar-refractivity contribution in [1.82, 2.24) is 0 Å². The number of hydrogen-bond acceptors (Lipinski definition) is 4. The maximum Gasteiger partial charge on any atom is 0.328 e. The number of hydrogen-bond donors (Lipinski definition) is 5. The van der Waals surface area contributed by atoms with E-state index in [2.05, 4.69) is 0 Å². The summed E-state index contributed by atoms with van der Waals surface area (Å²) in [7, 11) is -4.41. The van der Waals surface area contributed by atoms with Crippen LogP contribution in [-0.4, -0.2) is 44.3 Å². The van der Waals surface area contributed by atoms with Gasteiger partial charge in [-0.05, 0) is 0 Å². The van der Waals surface area contributed by atoms with E-state index in [4.69, 9.17) is 25.7 Å². The van der Waals surface area contributed by atoms with Gasteiger partial charge in [0.25, 0.3) is 0 Å². The Kier molecular flexibility index (Phi) is 3.82. The van der Waals surface area contributed by atoms with Gasteiger partial charge in [0.05, 0.1) is 12.3 Å². The Labute approximate surface area is 68.0 Å². The van der Waals surface area contributed by atoms with Crippen LogP contribution in [0.25, 0.3) is 0 Å². The molecule has 72 valence electrons. The minimum atomic E-state index is -4.41. The van der Waals surface area contributed by atoms with Crippen molar-refractivity contribution >= 4 is 13.6 Å². The van der Waals surface area contributed by atoms with E-state index in [9.17, 15) is 9.36 Å². The third kappa shape index (κ3) is 4.42. The summed E-state index contributed by atoms with van der Waals surface area (Å²) in [6, 6.07) is -1.67. The van der Waals surface area contributed by atoms with E-state index in [-0.39, 0.29) is 0 Å². The fourth-order valence-electron chi connectivity index (χ4n) is 0.522. The van der Waals surface area contributed by atoms with E-state index >= 15 is 0 Å². The van der Waals surface area contributed by atoms with Gasteiger partial charge in [-0.3, -0.25) is 9.36 Å².